The maximum Gasteiger partial charge on any atom is 0.411 e. The first-order valence-corrected chi connectivity index (χ1v) is 7.04. The van der Waals surface area contributed by atoms with E-state index in [2.05, 4.69) is 10.1 Å². The average molecular weight is 340 g/mol. The van der Waals surface area contributed by atoms with Crippen molar-refractivity contribution in [3.8, 4) is 0 Å². The Morgan fingerprint density at radius 1 is 1.12 bits per heavy atom. The number of carbonyl (C=O) groups excluding carboxylic acids is 1. The zero-order chi connectivity index (χ0) is 17.6. The average Bonchev–Trinajstić information content (AvgIpc) is 2.53. The molecule has 0 bridgehead atoms. The molecule has 1 aromatic heterocycles. The molecule has 0 aliphatic heterocycles. The molecule has 2 rings (SSSR count). The zero-order valence-corrected chi connectivity index (χ0v) is 12.5. The van der Waals surface area contributed by atoms with Crippen molar-refractivity contribution in [2.45, 2.75) is 19.3 Å². The number of aromatic nitrogens is 1. The van der Waals surface area contributed by atoms with Gasteiger partial charge in [0.2, 0.25) is 0 Å². The third-order valence-electron chi connectivity index (χ3n) is 3.07. The molecule has 0 saturated carbocycles. The minimum Gasteiger partial charge on any atom is -0.618 e. The molecule has 1 amide bonds. The van der Waals surface area contributed by atoms with Crippen LogP contribution in [0.25, 0.3) is 0 Å². The Hall–Kier alpha value is -2.61. The number of amides is 1. The van der Waals surface area contributed by atoms with Crippen LogP contribution in [-0.4, -0.2) is 18.7 Å². The van der Waals surface area contributed by atoms with Gasteiger partial charge in [0, 0.05) is 18.7 Å². The lowest BCUT2D eigenvalue weighted by molar-refractivity contribution is -0.607. The Balaban J connectivity index is 1.84. The summed E-state index contributed by atoms with van der Waals surface area (Å²) in [6, 6.07) is 11.1. The van der Waals surface area contributed by atoms with E-state index in [0.29, 0.717) is 10.3 Å². The van der Waals surface area contributed by atoms with E-state index in [-0.39, 0.29) is 18.8 Å². The molecule has 24 heavy (non-hydrogen) atoms. The number of benzene rings is 1. The smallest absolute Gasteiger partial charge is 0.411 e. The Morgan fingerprint density at radius 3 is 2.42 bits per heavy atom. The predicted octanol–water partition coefficient (Wildman–Crippen LogP) is 2.33. The number of alkyl halides is 3. The Kier molecular flexibility index (Phi) is 5.75. The lowest BCUT2D eigenvalue weighted by Gasteiger charge is -2.09. The van der Waals surface area contributed by atoms with Crippen LogP contribution >= 0.6 is 0 Å². The van der Waals surface area contributed by atoms with Crippen LogP contribution in [-0.2, 0) is 17.9 Å². The van der Waals surface area contributed by atoms with E-state index in [0.717, 1.165) is 5.56 Å². The first-order chi connectivity index (χ1) is 11.3. The van der Waals surface area contributed by atoms with Gasteiger partial charge in [0.1, 0.15) is 6.61 Å². The van der Waals surface area contributed by atoms with Crippen molar-refractivity contribution in [1.82, 2.24) is 5.32 Å². The van der Waals surface area contributed by atoms with Crippen molar-refractivity contribution in [1.29, 1.82) is 0 Å². The predicted molar refractivity (Wildman–Crippen MR) is 78.7 cm³/mol. The summed E-state index contributed by atoms with van der Waals surface area (Å²) in [4.78, 5) is 11.9. The van der Waals surface area contributed by atoms with Crippen molar-refractivity contribution >= 4 is 5.91 Å². The van der Waals surface area contributed by atoms with Gasteiger partial charge in [-0.3, -0.25) is 4.79 Å². The van der Waals surface area contributed by atoms with Gasteiger partial charge < -0.3 is 15.3 Å². The van der Waals surface area contributed by atoms with Crippen LogP contribution in [0.15, 0.2) is 48.7 Å². The second-order valence-electron chi connectivity index (χ2n) is 5.02. The fourth-order valence-electron chi connectivity index (χ4n) is 1.91. The Morgan fingerprint density at radius 2 is 1.79 bits per heavy atom. The van der Waals surface area contributed by atoms with E-state index in [4.69, 9.17) is 0 Å². The normalized spacial score (nSPS) is 11.3. The highest BCUT2D eigenvalue weighted by Gasteiger charge is 2.27. The van der Waals surface area contributed by atoms with Gasteiger partial charge in [0.05, 0.1) is 6.61 Å². The molecule has 0 atom stereocenters. The number of hydrogen-bond acceptors (Lipinski definition) is 3. The van der Waals surface area contributed by atoms with Crippen LogP contribution in [0.5, 0.6) is 0 Å². The van der Waals surface area contributed by atoms with Crippen molar-refractivity contribution in [2.75, 3.05) is 6.61 Å². The van der Waals surface area contributed by atoms with Crippen LogP contribution in [0.4, 0.5) is 13.2 Å². The number of nitrogens with zero attached hydrogens (tertiary/aromatic N) is 1. The van der Waals surface area contributed by atoms with E-state index < -0.39 is 18.7 Å². The van der Waals surface area contributed by atoms with Crippen molar-refractivity contribution < 1.29 is 27.4 Å². The summed E-state index contributed by atoms with van der Waals surface area (Å²) < 4.78 is 41.0. The van der Waals surface area contributed by atoms with Crippen LogP contribution in [0.2, 0.25) is 0 Å². The first kappa shape index (κ1) is 17.7. The summed E-state index contributed by atoms with van der Waals surface area (Å²) >= 11 is 0. The van der Waals surface area contributed by atoms with Crippen LogP contribution in [0, 0.1) is 5.21 Å². The van der Waals surface area contributed by atoms with Gasteiger partial charge in [-0.25, -0.2) is 0 Å². The van der Waals surface area contributed by atoms with Crippen LogP contribution in [0.3, 0.4) is 0 Å². The second kappa shape index (κ2) is 7.78. The fraction of sp³-hybridized carbons (Fsp3) is 0.250. The molecule has 2 aromatic rings. The summed E-state index contributed by atoms with van der Waals surface area (Å²) in [5.74, 6) is -0.511. The molecule has 0 radical (unpaired) electrons. The summed E-state index contributed by atoms with van der Waals surface area (Å²) in [7, 11) is 0. The highest BCUT2D eigenvalue weighted by molar-refractivity contribution is 5.90. The molecule has 0 fully saturated rings. The number of ether oxygens (including phenoxy) is 1. The largest absolute Gasteiger partial charge is 0.618 e. The molecule has 0 aliphatic rings. The number of carbonyl (C=O) groups is 1. The molecule has 8 heteroatoms. The number of nitrogens with one attached hydrogen (secondary N) is 1. The molecule has 128 valence electrons. The van der Waals surface area contributed by atoms with Crippen LogP contribution in [0.1, 0.15) is 21.6 Å². The third kappa shape index (κ3) is 5.54. The van der Waals surface area contributed by atoms with Gasteiger partial charge in [-0.2, -0.15) is 17.9 Å². The standard InChI is InChI=1S/C16H15F3N2O3/c17-16(18,19)11-24-10-13-6-4-12(5-7-13)9-20-15(22)14-3-1-2-8-21(14)23/h1-8H,9-11H2,(H,20,22). The number of hydrogen-bond donors (Lipinski definition) is 1. The zero-order valence-electron chi connectivity index (χ0n) is 12.5. The van der Waals surface area contributed by atoms with Gasteiger partial charge in [-0.1, -0.05) is 24.3 Å². The number of halogens is 3. The maximum absolute atomic E-state index is 12.0. The van der Waals surface area contributed by atoms with Crippen molar-refractivity contribution in [3.05, 3.63) is 70.7 Å². The lowest BCUT2D eigenvalue weighted by atomic mass is 10.1. The van der Waals surface area contributed by atoms with Gasteiger partial charge in [-0.15, -0.1) is 0 Å². The molecule has 5 nitrogen and oxygen atoms in total. The topological polar surface area (TPSA) is 65.3 Å². The van der Waals surface area contributed by atoms with Gasteiger partial charge in [-0.05, 0) is 17.2 Å². The van der Waals surface area contributed by atoms with E-state index in [1.54, 1.807) is 30.3 Å². The molecule has 1 heterocycles. The summed E-state index contributed by atoms with van der Waals surface area (Å²) in [6.45, 7) is -1.25. The molecule has 1 N–H and O–H groups in total. The highest BCUT2D eigenvalue weighted by Crippen LogP contribution is 2.15. The number of pyridine rings is 1. The van der Waals surface area contributed by atoms with E-state index >= 15 is 0 Å². The van der Waals surface area contributed by atoms with Gasteiger partial charge in [0.25, 0.3) is 5.69 Å². The lowest BCUT2D eigenvalue weighted by Crippen LogP contribution is -2.38. The molecule has 0 unspecified atom stereocenters. The maximum atomic E-state index is 12.0. The monoisotopic (exact) mass is 340 g/mol. The van der Waals surface area contributed by atoms with Crippen LogP contribution < -0.4 is 10.0 Å². The molecule has 0 aliphatic carbocycles. The SMILES string of the molecule is O=C(NCc1ccc(COCC(F)(F)F)cc1)c1cccc[n+]1[O-]. The second-order valence-corrected chi connectivity index (χ2v) is 5.02. The van der Waals surface area contributed by atoms with Crippen molar-refractivity contribution in [3.63, 3.8) is 0 Å². The molecule has 0 saturated heterocycles. The van der Waals surface area contributed by atoms with E-state index in [9.17, 15) is 23.2 Å². The number of rotatable bonds is 6. The van der Waals surface area contributed by atoms with Crippen molar-refractivity contribution in [2.24, 2.45) is 0 Å². The minimum atomic E-state index is -4.35. The summed E-state index contributed by atoms with van der Waals surface area (Å²) in [5.41, 5.74) is 1.32. The highest BCUT2D eigenvalue weighted by atomic mass is 19.4. The van der Waals surface area contributed by atoms with E-state index in [1.165, 1.54) is 18.3 Å². The fourth-order valence-corrected chi connectivity index (χ4v) is 1.91. The van der Waals surface area contributed by atoms with Gasteiger partial charge in [0.15, 0.2) is 6.20 Å². The Labute approximate surface area is 136 Å². The van der Waals surface area contributed by atoms with Gasteiger partial charge >= 0.3 is 12.1 Å². The molecule has 0 spiro atoms. The summed E-state index contributed by atoms with van der Waals surface area (Å²) in [5, 5.41) is 14.0. The molecular formula is C16H15F3N2O3. The molecular weight excluding hydrogens is 325 g/mol. The Bertz CT molecular complexity index is 688. The summed E-state index contributed by atoms with van der Waals surface area (Å²) in [6.07, 6.45) is -3.12. The minimum absolute atomic E-state index is 0.0188. The molecule has 1 aromatic carbocycles. The first-order valence-electron chi connectivity index (χ1n) is 7.04. The quantitative estimate of drug-likeness (QED) is 0.648. The third-order valence-corrected chi connectivity index (χ3v) is 3.07. The van der Waals surface area contributed by atoms with E-state index in [1.807, 2.05) is 0 Å².